The zero-order valence-electron chi connectivity index (χ0n) is 10.3. The van der Waals surface area contributed by atoms with Crippen molar-refractivity contribution in [3.05, 3.63) is 28.3 Å². The highest BCUT2D eigenvalue weighted by atomic mass is 35.7. The monoisotopic (exact) mass is 326 g/mol. The Balaban J connectivity index is 3.15. The molecule has 0 aromatic heterocycles. The van der Waals surface area contributed by atoms with Gasteiger partial charge < -0.3 is 9.47 Å². The van der Waals surface area contributed by atoms with E-state index in [1.54, 1.807) is 0 Å². The number of methoxy groups -OCH3 is 1. The lowest BCUT2D eigenvalue weighted by Crippen LogP contribution is -2.12. The number of carbonyl (C=O) groups excluding carboxylic acids is 1. The molecule has 0 aliphatic rings. The third kappa shape index (κ3) is 4.35. The van der Waals surface area contributed by atoms with Crippen molar-refractivity contribution in [2.45, 2.75) is 11.8 Å². The second kappa shape index (κ2) is 6.56. The van der Waals surface area contributed by atoms with Gasteiger partial charge in [0.05, 0.1) is 17.1 Å². The molecule has 0 saturated carbocycles. The molecule has 0 amide bonds. The van der Waals surface area contributed by atoms with E-state index in [9.17, 15) is 13.2 Å². The molecule has 106 valence electrons. The van der Waals surface area contributed by atoms with Crippen LogP contribution in [0.15, 0.2) is 17.0 Å². The predicted molar refractivity (Wildman–Crippen MR) is 71.4 cm³/mol. The Morgan fingerprint density at radius 2 is 1.95 bits per heavy atom. The van der Waals surface area contributed by atoms with Gasteiger partial charge in [-0.25, -0.2) is 13.2 Å². The van der Waals surface area contributed by atoms with Crippen molar-refractivity contribution in [3.8, 4) is 0 Å². The van der Waals surface area contributed by atoms with E-state index in [1.807, 2.05) is 0 Å². The SMILES string of the molecule is COCCOC(=O)c1cc(Cl)cc(S(=O)(=O)Cl)c1C. The van der Waals surface area contributed by atoms with Crippen molar-refractivity contribution in [2.24, 2.45) is 0 Å². The van der Waals surface area contributed by atoms with E-state index in [1.165, 1.54) is 26.2 Å². The number of ether oxygens (including phenoxy) is 2. The van der Waals surface area contributed by atoms with Gasteiger partial charge in [-0.2, -0.15) is 0 Å². The van der Waals surface area contributed by atoms with Crippen LogP contribution in [-0.2, 0) is 18.5 Å². The molecule has 0 bridgehead atoms. The summed E-state index contributed by atoms with van der Waals surface area (Å²) in [6.07, 6.45) is 0. The Morgan fingerprint density at radius 3 is 2.47 bits per heavy atom. The molecule has 0 aliphatic heterocycles. The Hall–Kier alpha value is -0.820. The summed E-state index contributed by atoms with van der Waals surface area (Å²) >= 11 is 5.78. The molecule has 0 atom stereocenters. The fraction of sp³-hybridized carbons (Fsp3) is 0.364. The molecule has 5 nitrogen and oxygen atoms in total. The van der Waals surface area contributed by atoms with Gasteiger partial charge in [0.1, 0.15) is 6.61 Å². The lowest BCUT2D eigenvalue weighted by Gasteiger charge is -2.10. The maximum Gasteiger partial charge on any atom is 0.338 e. The third-order valence-electron chi connectivity index (χ3n) is 2.33. The fourth-order valence-corrected chi connectivity index (χ4v) is 2.92. The van der Waals surface area contributed by atoms with Crippen molar-refractivity contribution in [2.75, 3.05) is 20.3 Å². The lowest BCUT2D eigenvalue weighted by atomic mass is 10.1. The number of hydrogen-bond acceptors (Lipinski definition) is 5. The molecule has 0 fully saturated rings. The Labute approximate surface area is 120 Å². The molecule has 0 N–H and O–H groups in total. The zero-order valence-corrected chi connectivity index (χ0v) is 12.6. The van der Waals surface area contributed by atoms with E-state index in [2.05, 4.69) is 0 Å². The smallest absolute Gasteiger partial charge is 0.338 e. The third-order valence-corrected chi connectivity index (χ3v) is 3.99. The molecular formula is C11H12Cl2O5S. The molecular weight excluding hydrogens is 315 g/mol. The molecule has 1 aromatic rings. The standard InChI is InChI=1S/C11H12Cl2O5S/c1-7-9(11(14)18-4-3-17-2)5-8(12)6-10(7)19(13,15)16/h5-6H,3-4H2,1-2H3. The summed E-state index contributed by atoms with van der Waals surface area (Å²) in [4.78, 5) is 11.6. The van der Waals surface area contributed by atoms with E-state index in [-0.39, 0.29) is 34.3 Å². The molecule has 0 aliphatic carbocycles. The second-order valence-corrected chi connectivity index (χ2v) is 6.61. The summed E-state index contributed by atoms with van der Waals surface area (Å²) in [5, 5.41) is 0.0866. The van der Waals surface area contributed by atoms with Crippen LogP contribution in [0.25, 0.3) is 0 Å². The summed E-state index contributed by atoms with van der Waals surface area (Å²) in [6, 6.07) is 2.52. The zero-order chi connectivity index (χ0) is 14.6. The second-order valence-electron chi connectivity index (χ2n) is 3.64. The van der Waals surface area contributed by atoms with Gasteiger partial charge >= 0.3 is 5.97 Å². The van der Waals surface area contributed by atoms with Crippen molar-refractivity contribution >= 4 is 37.3 Å². The average Bonchev–Trinajstić information content (AvgIpc) is 2.30. The van der Waals surface area contributed by atoms with Gasteiger partial charge in [0.15, 0.2) is 0 Å². The van der Waals surface area contributed by atoms with Crippen molar-refractivity contribution in [1.82, 2.24) is 0 Å². The van der Waals surface area contributed by atoms with Gasteiger partial charge in [-0.05, 0) is 24.6 Å². The number of benzene rings is 1. The van der Waals surface area contributed by atoms with Crippen LogP contribution in [0, 0.1) is 6.92 Å². The molecule has 0 unspecified atom stereocenters. The molecule has 0 radical (unpaired) electrons. The molecule has 19 heavy (non-hydrogen) atoms. The summed E-state index contributed by atoms with van der Waals surface area (Å²) in [5.74, 6) is -0.682. The highest BCUT2D eigenvalue weighted by Gasteiger charge is 2.21. The van der Waals surface area contributed by atoms with E-state index in [4.69, 9.17) is 31.8 Å². The highest BCUT2D eigenvalue weighted by molar-refractivity contribution is 8.13. The van der Waals surface area contributed by atoms with Crippen LogP contribution in [0.3, 0.4) is 0 Å². The quantitative estimate of drug-likeness (QED) is 0.472. The van der Waals surface area contributed by atoms with Crippen molar-refractivity contribution in [3.63, 3.8) is 0 Å². The van der Waals surface area contributed by atoms with Crippen LogP contribution in [-0.4, -0.2) is 34.7 Å². The maximum atomic E-state index is 11.8. The average molecular weight is 327 g/mol. The topological polar surface area (TPSA) is 69.7 Å². The minimum atomic E-state index is -3.98. The first-order chi connectivity index (χ1) is 8.77. The molecule has 0 heterocycles. The summed E-state index contributed by atoms with van der Waals surface area (Å²) in [7, 11) is 2.77. The van der Waals surface area contributed by atoms with Gasteiger partial charge in [-0.15, -0.1) is 0 Å². The maximum absolute atomic E-state index is 11.8. The van der Waals surface area contributed by atoms with Crippen LogP contribution < -0.4 is 0 Å². The molecule has 1 rings (SSSR count). The Morgan fingerprint density at radius 1 is 1.32 bits per heavy atom. The largest absolute Gasteiger partial charge is 0.460 e. The van der Waals surface area contributed by atoms with Gasteiger partial charge in [-0.3, -0.25) is 0 Å². The summed E-state index contributed by atoms with van der Waals surface area (Å²) in [6.45, 7) is 1.76. The first-order valence-corrected chi connectivity index (χ1v) is 7.87. The first kappa shape index (κ1) is 16.2. The number of hydrogen-bond donors (Lipinski definition) is 0. The number of rotatable bonds is 5. The minimum Gasteiger partial charge on any atom is -0.460 e. The van der Waals surface area contributed by atoms with Gasteiger partial charge in [-0.1, -0.05) is 11.6 Å². The van der Waals surface area contributed by atoms with E-state index >= 15 is 0 Å². The molecule has 0 saturated heterocycles. The van der Waals surface area contributed by atoms with E-state index < -0.39 is 15.0 Å². The van der Waals surface area contributed by atoms with Gasteiger partial charge in [0.2, 0.25) is 0 Å². The number of esters is 1. The van der Waals surface area contributed by atoms with Crippen LogP contribution in [0.4, 0.5) is 0 Å². The van der Waals surface area contributed by atoms with Crippen molar-refractivity contribution < 1.29 is 22.7 Å². The Kier molecular flexibility index (Phi) is 5.61. The van der Waals surface area contributed by atoms with Crippen molar-refractivity contribution in [1.29, 1.82) is 0 Å². The number of carbonyl (C=O) groups is 1. The normalized spacial score (nSPS) is 11.4. The van der Waals surface area contributed by atoms with Gasteiger partial charge in [0.25, 0.3) is 9.05 Å². The van der Waals surface area contributed by atoms with E-state index in [0.717, 1.165) is 0 Å². The molecule has 1 aromatic carbocycles. The minimum absolute atomic E-state index is 0.0582. The number of halogens is 2. The Bertz CT molecular complexity index is 583. The fourth-order valence-electron chi connectivity index (χ4n) is 1.41. The molecule has 8 heteroatoms. The van der Waals surface area contributed by atoms with Crippen LogP contribution in [0.1, 0.15) is 15.9 Å². The first-order valence-electron chi connectivity index (χ1n) is 5.18. The summed E-state index contributed by atoms with van der Waals surface area (Å²) < 4.78 is 32.4. The van der Waals surface area contributed by atoms with Gasteiger partial charge in [0, 0.05) is 22.8 Å². The van der Waals surface area contributed by atoms with E-state index in [0.29, 0.717) is 0 Å². The van der Waals surface area contributed by atoms with Crippen LogP contribution in [0.2, 0.25) is 5.02 Å². The predicted octanol–water partition coefficient (Wildman–Crippen LogP) is 2.38. The molecule has 0 spiro atoms. The lowest BCUT2D eigenvalue weighted by molar-refractivity contribution is 0.0387. The van der Waals surface area contributed by atoms with Crippen LogP contribution >= 0.6 is 22.3 Å². The summed E-state index contributed by atoms with van der Waals surface area (Å²) in [5.41, 5.74) is 0.254. The highest BCUT2D eigenvalue weighted by Crippen LogP contribution is 2.27. The van der Waals surface area contributed by atoms with Crippen LogP contribution in [0.5, 0.6) is 0 Å².